The third-order valence-corrected chi connectivity index (χ3v) is 4.65. The van der Waals surface area contributed by atoms with Crippen molar-refractivity contribution in [2.24, 2.45) is 4.99 Å². The summed E-state index contributed by atoms with van der Waals surface area (Å²) >= 11 is 0. The van der Waals surface area contributed by atoms with Crippen molar-refractivity contribution in [3.8, 4) is 0 Å². The third-order valence-electron chi connectivity index (χ3n) is 4.65. The molecule has 0 aliphatic rings. The maximum Gasteiger partial charge on any atom is 0.416 e. The van der Waals surface area contributed by atoms with Gasteiger partial charge >= 0.3 is 6.18 Å². The number of carbonyl (C=O) groups excluding carboxylic acids is 1. The summed E-state index contributed by atoms with van der Waals surface area (Å²) in [6.45, 7) is 13.7. The Morgan fingerprint density at radius 2 is 2.03 bits per heavy atom. The maximum absolute atomic E-state index is 13.9. The number of nitrogens with zero attached hydrogens (tertiary/aromatic N) is 3. The first-order valence-corrected chi connectivity index (χ1v) is 10.5. The number of aliphatic imine (C=N–C) groups is 1. The quantitative estimate of drug-likeness (QED) is 0.165. The zero-order valence-electron chi connectivity index (χ0n) is 19.7. The van der Waals surface area contributed by atoms with Gasteiger partial charge in [0, 0.05) is 12.7 Å². The predicted molar refractivity (Wildman–Crippen MR) is 126 cm³/mol. The lowest BCUT2D eigenvalue weighted by Crippen LogP contribution is -2.41. The highest BCUT2D eigenvalue weighted by Gasteiger charge is 2.31. The number of rotatable bonds is 11. The Morgan fingerprint density at radius 1 is 1.35 bits per heavy atom. The molecule has 0 aliphatic heterocycles. The summed E-state index contributed by atoms with van der Waals surface area (Å²) in [4.78, 5) is 22.9. The number of ether oxygens (including phenoxy) is 1. The smallest absolute Gasteiger partial charge is 0.416 e. The average molecular weight is 480 g/mol. The molecule has 1 atom stereocenters. The van der Waals surface area contributed by atoms with E-state index in [0.29, 0.717) is 5.71 Å². The molecule has 1 aromatic rings. The Labute approximate surface area is 197 Å². The first-order chi connectivity index (χ1) is 16.0. The molecule has 0 aliphatic carbocycles. The topological polar surface area (TPSA) is 54.8 Å². The van der Waals surface area contributed by atoms with Crippen LogP contribution in [0.3, 0.4) is 0 Å². The predicted octanol–water partition coefficient (Wildman–Crippen LogP) is 6.18. The summed E-state index contributed by atoms with van der Waals surface area (Å²) in [5.41, 5.74) is -0.167. The molecule has 34 heavy (non-hydrogen) atoms. The van der Waals surface area contributed by atoms with Crippen LogP contribution < -0.4 is 0 Å². The number of carbonyl (C=O) groups is 1. The molecule has 0 N–H and O–H groups in total. The molecule has 1 amide bonds. The van der Waals surface area contributed by atoms with E-state index in [1.54, 1.807) is 26.8 Å². The van der Waals surface area contributed by atoms with Gasteiger partial charge in [0.15, 0.2) is 0 Å². The van der Waals surface area contributed by atoms with Crippen molar-refractivity contribution in [3.05, 3.63) is 90.4 Å². The van der Waals surface area contributed by atoms with Crippen molar-refractivity contribution >= 4 is 11.6 Å². The molecule has 0 radical (unpaired) electrons. The van der Waals surface area contributed by atoms with Crippen molar-refractivity contribution in [1.29, 1.82) is 0 Å². The van der Waals surface area contributed by atoms with Gasteiger partial charge in [-0.15, -0.1) is 0 Å². The van der Waals surface area contributed by atoms with Crippen LogP contribution in [-0.2, 0) is 4.74 Å². The van der Waals surface area contributed by atoms with E-state index in [1.165, 1.54) is 24.1 Å². The molecule has 1 aromatic heterocycles. The largest absolute Gasteiger partial charge is 0.492 e. The molecule has 0 saturated heterocycles. The van der Waals surface area contributed by atoms with Crippen LogP contribution in [-0.4, -0.2) is 46.9 Å². The van der Waals surface area contributed by atoms with Gasteiger partial charge in [-0.05, 0) is 52.0 Å². The summed E-state index contributed by atoms with van der Waals surface area (Å²) in [7, 11) is 0. The molecule has 0 fully saturated rings. The van der Waals surface area contributed by atoms with E-state index in [2.05, 4.69) is 23.1 Å². The van der Waals surface area contributed by atoms with Crippen molar-refractivity contribution in [3.63, 3.8) is 0 Å². The van der Waals surface area contributed by atoms with Crippen LogP contribution >= 0.6 is 0 Å². The van der Waals surface area contributed by atoms with Crippen LogP contribution in [0.25, 0.3) is 0 Å². The maximum atomic E-state index is 13.9. The first-order valence-electron chi connectivity index (χ1n) is 10.5. The fraction of sp³-hybridized carbons (Fsp3) is 0.320. The van der Waals surface area contributed by atoms with Gasteiger partial charge in [-0.1, -0.05) is 25.3 Å². The zero-order valence-corrected chi connectivity index (χ0v) is 19.7. The van der Waals surface area contributed by atoms with E-state index in [0.717, 1.165) is 30.5 Å². The van der Waals surface area contributed by atoms with Gasteiger partial charge in [0.2, 0.25) is 0 Å². The molecular weight excluding hydrogens is 450 g/mol. The number of allylic oxidation sites excluding steroid dienone is 6. The van der Waals surface area contributed by atoms with E-state index >= 15 is 0 Å². The Balaban J connectivity index is 3.03. The minimum Gasteiger partial charge on any atom is -0.492 e. The number of likely N-dealkylation sites (N-methyl/N-ethyl adjacent to an activating group) is 1. The van der Waals surface area contributed by atoms with E-state index in [9.17, 15) is 22.4 Å². The van der Waals surface area contributed by atoms with Crippen LogP contribution in [0.2, 0.25) is 0 Å². The molecule has 0 spiro atoms. The molecule has 1 unspecified atom stereocenters. The Kier molecular flexibility index (Phi) is 11.1. The molecule has 184 valence electrons. The van der Waals surface area contributed by atoms with Gasteiger partial charge in [0.05, 0.1) is 34.8 Å². The second kappa shape index (κ2) is 13.3. The number of hydrogen-bond acceptors (Lipinski definition) is 4. The van der Waals surface area contributed by atoms with E-state index in [4.69, 9.17) is 4.74 Å². The molecule has 5 nitrogen and oxygen atoms in total. The highest BCUT2D eigenvalue weighted by molar-refractivity contribution is 6.08. The molecular formula is C25H29F4N3O2. The highest BCUT2D eigenvalue weighted by Crippen LogP contribution is 2.26. The van der Waals surface area contributed by atoms with E-state index in [1.807, 2.05) is 0 Å². The number of alkyl halides is 3. The summed E-state index contributed by atoms with van der Waals surface area (Å²) in [6.07, 6.45) is 4.04. The SMILES string of the molecule is C=C/C=C\N=C(C)c1ncc(F)cc1C(=O)N(CC)C(C)COC(=C)/C=C\C(=C/C)C(F)(F)F. The molecule has 0 bridgehead atoms. The van der Waals surface area contributed by atoms with Crippen molar-refractivity contribution < 1.29 is 27.1 Å². The number of amides is 1. The molecule has 1 heterocycles. The van der Waals surface area contributed by atoms with Gasteiger partial charge < -0.3 is 9.64 Å². The van der Waals surface area contributed by atoms with E-state index < -0.39 is 29.5 Å². The van der Waals surface area contributed by atoms with E-state index in [-0.39, 0.29) is 30.2 Å². The zero-order chi connectivity index (χ0) is 25.9. The lowest BCUT2D eigenvalue weighted by atomic mass is 10.1. The fourth-order valence-electron chi connectivity index (χ4n) is 2.88. The molecule has 0 saturated carbocycles. The van der Waals surface area contributed by atoms with Crippen molar-refractivity contribution in [2.45, 2.75) is 39.9 Å². The summed E-state index contributed by atoms with van der Waals surface area (Å²) < 4.78 is 57.8. The normalized spacial score (nSPS) is 13.9. The van der Waals surface area contributed by atoms with Gasteiger partial charge in [0.25, 0.3) is 5.91 Å². The molecule has 0 aromatic carbocycles. The number of hydrogen-bond donors (Lipinski definition) is 0. The molecule has 9 heteroatoms. The second-order valence-corrected chi connectivity index (χ2v) is 7.13. The fourth-order valence-corrected chi connectivity index (χ4v) is 2.88. The van der Waals surface area contributed by atoms with Crippen LogP contribution in [0.4, 0.5) is 17.6 Å². The van der Waals surface area contributed by atoms with Crippen LogP contribution in [0.15, 0.2) is 78.3 Å². The van der Waals surface area contributed by atoms with Gasteiger partial charge in [-0.3, -0.25) is 14.8 Å². The summed E-state index contributed by atoms with van der Waals surface area (Å²) in [5.74, 6) is -1.16. The van der Waals surface area contributed by atoms with Crippen LogP contribution in [0, 0.1) is 5.82 Å². The number of pyridine rings is 1. The minimum atomic E-state index is -4.48. The lowest BCUT2D eigenvalue weighted by Gasteiger charge is -2.28. The number of aromatic nitrogens is 1. The number of halogens is 4. The van der Waals surface area contributed by atoms with Gasteiger partial charge in [0.1, 0.15) is 18.2 Å². The monoisotopic (exact) mass is 479 g/mol. The Bertz CT molecular complexity index is 1010. The highest BCUT2D eigenvalue weighted by atomic mass is 19.4. The van der Waals surface area contributed by atoms with Crippen molar-refractivity contribution in [2.75, 3.05) is 13.2 Å². The third kappa shape index (κ3) is 8.46. The second-order valence-electron chi connectivity index (χ2n) is 7.13. The summed E-state index contributed by atoms with van der Waals surface area (Å²) in [5, 5.41) is 0. The Morgan fingerprint density at radius 3 is 2.59 bits per heavy atom. The minimum absolute atomic E-state index is 0.00375. The van der Waals surface area contributed by atoms with Crippen LogP contribution in [0.1, 0.15) is 43.7 Å². The average Bonchev–Trinajstić information content (AvgIpc) is 2.77. The first kappa shape index (κ1) is 28.5. The summed E-state index contributed by atoms with van der Waals surface area (Å²) in [6, 6.07) is 0.592. The van der Waals surface area contributed by atoms with Crippen LogP contribution in [0.5, 0.6) is 0 Å². The van der Waals surface area contributed by atoms with Gasteiger partial charge in [-0.25, -0.2) is 4.39 Å². The standard InChI is InChI=1S/C25H29F4N3O2/c1-7-10-13-30-19(6)23-22(14-21(26)15-31-23)24(33)32(9-3)17(4)16-34-18(5)11-12-20(8-2)25(27,28)29/h7-8,10-15,17H,1,5,9,16H2,2-4,6H3/b12-11-,13-10-,20-8+,30-19?. The Hall–Kier alpha value is -3.49. The lowest BCUT2D eigenvalue weighted by molar-refractivity contribution is -0.0883. The van der Waals surface area contributed by atoms with Gasteiger partial charge in [-0.2, -0.15) is 13.2 Å². The molecule has 1 rings (SSSR count). The van der Waals surface area contributed by atoms with Crippen molar-refractivity contribution in [1.82, 2.24) is 9.88 Å².